The molecule has 172 valence electrons. The van der Waals surface area contributed by atoms with E-state index in [1.54, 1.807) is 0 Å². The summed E-state index contributed by atoms with van der Waals surface area (Å²) in [6.45, 7) is 28.3. The minimum absolute atomic E-state index is 0.606. The summed E-state index contributed by atoms with van der Waals surface area (Å²) in [5.41, 5.74) is 0. The van der Waals surface area contributed by atoms with Crippen LogP contribution >= 0.6 is 0 Å². The molecule has 0 saturated heterocycles. The van der Waals surface area contributed by atoms with Crippen LogP contribution in [0, 0.1) is 0 Å². The van der Waals surface area contributed by atoms with E-state index in [0.29, 0.717) is 12.1 Å². The number of hydrogen-bond donors (Lipinski definition) is 2. The Morgan fingerprint density at radius 1 is 0.655 bits per heavy atom. The van der Waals surface area contributed by atoms with Gasteiger partial charge >= 0.3 is 10.4 Å². The maximum absolute atomic E-state index is 8.74. The summed E-state index contributed by atoms with van der Waals surface area (Å²) in [4.78, 5) is 4.90. The third-order valence-corrected chi connectivity index (χ3v) is 4.41. The van der Waals surface area contributed by atoms with Gasteiger partial charge in [-0.15, -0.1) is 26.3 Å². The van der Waals surface area contributed by atoms with Crippen LogP contribution in [-0.4, -0.2) is 65.6 Å². The number of nitrogens with zero attached hydrogens (tertiary/aromatic N) is 2. The molecule has 29 heavy (non-hydrogen) atoms. The Bertz CT molecular complexity index is 453. The highest BCUT2D eigenvalue weighted by atomic mass is 32.3. The smallest absolute Gasteiger partial charge is 0.300 e. The van der Waals surface area contributed by atoms with Crippen molar-refractivity contribution in [3.8, 4) is 0 Å². The van der Waals surface area contributed by atoms with Crippen LogP contribution in [0.25, 0.3) is 0 Å². The molecule has 7 heteroatoms. The lowest BCUT2D eigenvalue weighted by atomic mass is 10.1. The molecule has 0 fully saturated rings. The molecule has 0 rings (SSSR count). The van der Waals surface area contributed by atoms with Gasteiger partial charge in [0.1, 0.15) is 0 Å². The van der Waals surface area contributed by atoms with Crippen LogP contribution in [0.4, 0.5) is 0 Å². The van der Waals surface area contributed by atoms with E-state index in [0.717, 1.165) is 51.9 Å². The Labute approximate surface area is 180 Å². The normalized spacial score (nSPS) is 10.8. The minimum Gasteiger partial charge on any atom is -0.300 e. The second-order valence-electron chi connectivity index (χ2n) is 6.30. The SMILES string of the molecule is C=CCC(CC=C)N(CC)CC.C=CCC(CC=C)N(CC)CC.O=S(=O)(O)O. The van der Waals surface area contributed by atoms with Gasteiger partial charge in [-0.3, -0.25) is 9.11 Å². The fourth-order valence-electron chi connectivity index (χ4n) is 3.04. The van der Waals surface area contributed by atoms with E-state index in [9.17, 15) is 0 Å². The van der Waals surface area contributed by atoms with E-state index in [1.165, 1.54) is 0 Å². The van der Waals surface area contributed by atoms with Crippen molar-refractivity contribution in [3.63, 3.8) is 0 Å². The Morgan fingerprint density at radius 2 is 0.828 bits per heavy atom. The first kappa shape index (κ1) is 32.4. The summed E-state index contributed by atoms with van der Waals surface area (Å²) < 4.78 is 31.6. The molecule has 0 aliphatic carbocycles. The Hall–Kier alpha value is -1.25. The number of rotatable bonds is 14. The molecule has 0 bridgehead atoms. The average Bonchev–Trinajstić information content (AvgIpc) is 2.64. The minimum atomic E-state index is -4.67. The molecule has 0 aromatic rings. The van der Waals surface area contributed by atoms with Crippen LogP contribution in [-0.2, 0) is 10.4 Å². The fourth-order valence-corrected chi connectivity index (χ4v) is 3.04. The summed E-state index contributed by atoms with van der Waals surface area (Å²) in [7, 11) is -4.67. The summed E-state index contributed by atoms with van der Waals surface area (Å²) in [5, 5.41) is 0. The molecule has 0 saturated carbocycles. The van der Waals surface area contributed by atoms with Gasteiger partial charge in [-0.05, 0) is 51.9 Å². The zero-order valence-corrected chi connectivity index (χ0v) is 19.8. The molecule has 0 aliphatic rings. The van der Waals surface area contributed by atoms with E-state index in [4.69, 9.17) is 17.5 Å². The van der Waals surface area contributed by atoms with Gasteiger partial charge < -0.3 is 9.80 Å². The van der Waals surface area contributed by atoms with E-state index in [2.05, 4.69) is 63.8 Å². The van der Waals surface area contributed by atoms with Gasteiger partial charge in [0.2, 0.25) is 0 Å². The molecule has 0 radical (unpaired) electrons. The third-order valence-electron chi connectivity index (χ3n) is 4.41. The number of hydrogen-bond acceptors (Lipinski definition) is 4. The molecule has 0 heterocycles. The highest BCUT2D eigenvalue weighted by molar-refractivity contribution is 7.79. The Kier molecular flexibility index (Phi) is 24.0. The molecule has 0 aromatic heterocycles. The molecule has 0 aliphatic heterocycles. The van der Waals surface area contributed by atoms with Gasteiger partial charge in [-0.2, -0.15) is 8.42 Å². The fraction of sp³-hybridized carbons (Fsp3) is 0.636. The molecule has 0 unspecified atom stereocenters. The first-order valence-electron chi connectivity index (χ1n) is 10.2. The molecular formula is C22H44N2O4S. The van der Waals surface area contributed by atoms with Crippen molar-refractivity contribution in [2.24, 2.45) is 0 Å². The standard InChI is InChI=1S/2C11H21N.H2O4S/c2*1-5-9-11(10-6-2)12(7-3)8-4;1-5(2,3)4/h2*5-6,11H,1-2,7-10H2,3-4H3;(H2,1,2,3,4). The van der Waals surface area contributed by atoms with Crippen LogP contribution in [0.2, 0.25) is 0 Å². The quantitative estimate of drug-likeness (QED) is 0.295. The van der Waals surface area contributed by atoms with Gasteiger partial charge in [0, 0.05) is 12.1 Å². The first-order valence-corrected chi connectivity index (χ1v) is 11.6. The molecule has 0 spiro atoms. The molecule has 6 nitrogen and oxygen atoms in total. The maximum Gasteiger partial charge on any atom is 0.394 e. The van der Waals surface area contributed by atoms with Crippen LogP contribution in [0.15, 0.2) is 50.6 Å². The van der Waals surface area contributed by atoms with E-state index in [-0.39, 0.29) is 0 Å². The maximum atomic E-state index is 8.74. The topological polar surface area (TPSA) is 81.1 Å². The van der Waals surface area contributed by atoms with Gasteiger partial charge in [-0.25, -0.2) is 0 Å². The summed E-state index contributed by atoms with van der Waals surface area (Å²) in [6.07, 6.45) is 12.2. The predicted molar refractivity (Wildman–Crippen MR) is 127 cm³/mol. The lowest BCUT2D eigenvalue weighted by molar-refractivity contribution is 0.219. The third kappa shape index (κ3) is 22.9. The highest BCUT2D eigenvalue weighted by Gasteiger charge is 2.12. The molecule has 0 atom stereocenters. The van der Waals surface area contributed by atoms with Crippen LogP contribution in [0.1, 0.15) is 53.4 Å². The van der Waals surface area contributed by atoms with Crippen molar-refractivity contribution < 1.29 is 17.5 Å². The van der Waals surface area contributed by atoms with Gasteiger partial charge in [-0.1, -0.05) is 52.0 Å². The predicted octanol–water partition coefficient (Wildman–Crippen LogP) is 5.05. The molecule has 0 aromatic carbocycles. The molecular weight excluding hydrogens is 388 g/mol. The monoisotopic (exact) mass is 432 g/mol. The van der Waals surface area contributed by atoms with Crippen molar-refractivity contribution in [1.29, 1.82) is 0 Å². The van der Waals surface area contributed by atoms with Gasteiger partial charge in [0.05, 0.1) is 0 Å². The van der Waals surface area contributed by atoms with Crippen molar-refractivity contribution in [2.75, 3.05) is 26.2 Å². The van der Waals surface area contributed by atoms with Crippen molar-refractivity contribution in [2.45, 2.75) is 65.5 Å². The van der Waals surface area contributed by atoms with E-state index in [1.807, 2.05) is 24.3 Å². The summed E-state index contributed by atoms with van der Waals surface area (Å²) in [6, 6.07) is 1.21. The second kappa shape index (κ2) is 21.5. The average molecular weight is 433 g/mol. The van der Waals surface area contributed by atoms with Crippen LogP contribution < -0.4 is 0 Å². The van der Waals surface area contributed by atoms with E-state index < -0.39 is 10.4 Å². The second-order valence-corrected chi connectivity index (χ2v) is 7.19. The lowest BCUT2D eigenvalue weighted by Gasteiger charge is -2.27. The van der Waals surface area contributed by atoms with Crippen LogP contribution in [0.5, 0.6) is 0 Å². The zero-order valence-electron chi connectivity index (χ0n) is 19.0. The zero-order chi connectivity index (χ0) is 23.3. The molecule has 0 amide bonds. The lowest BCUT2D eigenvalue weighted by Crippen LogP contribution is -2.34. The summed E-state index contributed by atoms with van der Waals surface area (Å²) >= 11 is 0. The van der Waals surface area contributed by atoms with Crippen molar-refractivity contribution in [1.82, 2.24) is 9.80 Å². The first-order chi connectivity index (χ1) is 13.6. The van der Waals surface area contributed by atoms with Gasteiger partial charge in [0.25, 0.3) is 0 Å². The van der Waals surface area contributed by atoms with Crippen molar-refractivity contribution >= 4 is 10.4 Å². The van der Waals surface area contributed by atoms with Gasteiger partial charge in [0.15, 0.2) is 0 Å². The van der Waals surface area contributed by atoms with E-state index >= 15 is 0 Å². The Morgan fingerprint density at radius 3 is 0.931 bits per heavy atom. The van der Waals surface area contributed by atoms with Crippen molar-refractivity contribution in [3.05, 3.63) is 50.6 Å². The van der Waals surface area contributed by atoms with Crippen LogP contribution in [0.3, 0.4) is 0 Å². The largest absolute Gasteiger partial charge is 0.394 e. The summed E-state index contributed by atoms with van der Waals surface area (Å²) in [5.74, 6) is 0. The molecule has 2 N–H and O–H groups in total. The Balaban J connectivity index is -0.000000380. The highest BCUT2D eigenvalue weighted by Crippen LogP contribution is 2.10.